The molecular weight excluding hydrogens is 206 g/mol. The first kappa shape index (κ1) is 10.7. The van der Waals surface area contributed by atoms with Gasteiger partial charge < -0.3 is 15.0 Å². The third kappa shape index (κ3) is 1.80. The monoisotopic (exact) mass is 221 g/mol. The number of hydrogen-bond acceptors (Lipinski definition) is 4. The van der Waals surface area contributed by atoms with Gasteiger partial charge in [0.15, 0.2) is 5.69 Å². The Morgan fingerprint density at radius 3 is 2.94 bits per heavy atom. The fraction of sp³-hybridized carbons (Fsp3) is 0.455. The second-order valence-electron chi connectivity index (χ2n) is 3.70. The van der Waals surface area contributed by atoms with Crippen LogP contribution in [0.3, 0.4) is 0 Å². The normalized spacial score (nSPS) is 15.6. The van der Waals surface area contributed by atoms with Gasteiger partial charge in [-0.05, 0) is 19.8 Å². The molecule has 0 amide bonds. The Morgan fingerprint density at radius 2 is 2.31 bits per heavy atom. The number of rotatable bonds is 3. The van der Waals surface area contributed by atoms with Crippen LogP contribution in [0, 0.1) is 0 Å². The van der Waals surface area contributed by atoms with Gasteiger partial charge in [0.05, 0.1) is 12.9 Å². The number of imidazole rings is 1. The molecule has 1 aromatic rings. The van der Waals surface area contributed by atoms with Crippen molar-refractivity contribution in [3.8, 4) is 0 Å². The third-order valence-corrected chi connectivity index (χ3v) is 2.68. The summed E-state index contributed by atoms with van der Waals surface area (Å²) in [6.45, 7) is 2.09. The van der Waals surface area contributed by atoms with E-state index in [9.17, 15) is 4.79 Å². The number of nitrogens with zero attached hydrogens (tertiary/aromatic N) is 2. The Balaban J connectivity index is 2.20. The summed E-state index contributed by atoms with van der Waals surface area (Å²) in [5.41, 5.74) is 6.10. The zero-order chi connectivity index (χ0) is 11.5. The molecule has 5 nitrogen and oxygen atoms in total. The molecule has 1 heterocycles. The minimum atomic E-state index is -0.454. The average Bonchev–Trinajstić information content (AvgIpc) is 2.86. The highest BCUT2D eigenvalue weighted by molar-refractivity contribution is 5.92. The maximum atomic E-state index is 11.5. The number of hydrogen-bond donors (Lipinski definition) is 1. The number of ether oxygens (including phenoxy) is 1. The molecule has 0 saturated carbocycles. The highest BCUT2D eigenvalue weighted by atomic mass is 16.5. The lowest BCUT2D eigenvalue weighted by molar-refractivity contribution is 0.0521. The fourth-order valence-corrected chi connectivity index (χ4v) is 1.85. The molecule has 0 aromatic carbocycles. The van der Waals surface area contributed by atoms with Crippen molar-refractivity contribution >= 4 is 11.8 Å². The predicted octanol–water partition coefficient (Wildman–Crippen LogP) is 1.53. The summed E-state index contributed by atoms with van der Waals surface area (Å²) >= 11 is 0. The second-order valence-corrected chi connectivity index (χ2v) is 3.70. The van der Waals surface area contributed by atoms with Crippen molar-refractivity contribution in [1.82, 2.24) is 9.55 Å². The quantitative estimate of drug-likeness (QED) is 0.620. The predicted molar refractivity (Wildman–Crippen MR) is 60.0 cm³/mol. The summed E-state index contributed by atoms with van der Waals surface area (Å²) in [7, 11) is 0. The molecule has 5 heteroatoms. The number of aromatic nitrogens is 2. The van der Waals surface area contributed by atoms with Gasteiger partial charge in [-0.3, -0.25) is 0 Å². The van der Waals surface area contributed by atoms with E-state index in [1.165, 1.54) is 0 Å². The van der Waals surface area contributed by atoms with E-state index >= 15 is 0 Å². The second kappa shape index (κ2) is 4.38. The van der Waals surface area contributed by atoms with Gasteiger partial charge in [-0.1, -0.05) is 12.2 Å². The number of nitrogen functional groups attached to an aromatic ring is 1. The zero-order valence-electron chi connectivity index (χ0n) is 9.22. The van der Waals surface area contributed by atoms with Gasteiger partial charge in [0, 0.05) is 6.04 Å². The number of esters is 1. The van der Waals surface area contributed by atoms with Crippen LogP contribution in [-0.2, 0) is 4.74 Å². The van der Waals surface area contributed by atoms with E-state index in [0.29, 0.717) is 12.4 Å². The molecule has 0 aliphatic heterocycles. The zero-order valence-corrected chi connectivity index (χ0v) is 9.22. The number of carbonyl (C=O) groups excluding carboxylic acids is 1. The molecule has 86 valence electrons. The smallest absolute Gasteiger partial charge is 0.360 e. The Hall–Kier alpha value is -1.78. The SMILES string of the molecule is CCOC(=O)c1ncn(C2CC=CC2)c1N. The Labute approximate surface area is 93.9 Å². The standard InChI is InChI=1S/C11H15N3O2/c1-2-16-11(15)9-10(12)14(7-13-9)8-5-3-4-6-8/h3-4,7-8H,2,5-6,12H2,1H3. The van der Waals surface area contributed by atoms with E-state index in [1.54, 1.807) is 13.3 Å². The third-order valence-electron chi connectivity index (χ3n) is 2.68. The van der Waals surface area contributed by atoms with E-state index in [2.05, 4.69) is 17.1 Å². The van der Waals surface area contributed by atoms with Gasteiger partial charge >= 0.3 is 5.97 Å². The number of nitrogens with two attached hydrogens (primary N) is 1. The molecule has 0 atom stereocenters. The van der Waals surface area contributed by atoms with E-state index < -0.39 is 5.97 Å². The highest BCUT2D eigenvalue weighted by Crippen LogP contribution is 2.27. The maximum Gasteiger partial charge on any atom is 0.360 e. The number of allylic oxidation sites excluding steroid dienone is 2. The van der Waals surface area contributed by atoms with Crippen LogP contribution in [0.4, 0.5) is 5.82 Å². The van der Waals surface area contributed by atoms with Gasteiger partial charge in [0.1, 0.15) is 5.82 Å². The van der Waals surface area contributed by atoms with Crippen molar-refractivity contribution in [2.75, 3.05) is 12.3 Å². The van der Waals surface area contributed by atoms with Crippen molar-refractivity contribution in [2.45, 2.75) is 25.8 Å². The lowest BCUT2D eigenvalue weighted by Gasteiger charge is -2.12. The van der Waals surface area contributed by atoms with Crippen LogP contribution >= 0.6 is 0 Å². The Morgan fingerprint density at radius 1 is 1.62 bits per heavy atom. The van der Waals surface area contributed by atoms with Crippen LogP contribution < -0.4 is 5.73 Å². The minimum absolute atomic E-state index is 0.216. The van der Waals surface area contributed by atoms with Gasteiger partial charge in [0.25, 0.3) is 0 Å². The van der Waals surface area contributed by atoms with Gasteiger partial charge in [-0.15, -0.1) is 0 Å². The van der Waals surface area contributed by atoms with Crippen LogP contribution in [0.2, 0.25) is 0 Å². The number of anilines is 1. The molecule has 0 unspecified atom stereocenters. The molecule has 16 heavy (non-hydrogen) atoms. The maximum absolute atomic E-state index is 11.5. The molecule has 0 radical (unpaired) electrons. The fourth-order valence-electron chi connectivity index (χ4n) is 1.85. The summed E-state index contributed by atoms with van der Waals surface area (Å²) in [5.74, 6) is -0.0585. The molecule has 1 aliphatic rings. The highest BCUT2D eigenvalue weighted by Gasteiger charge is 2.21. The summed E-state index contributed by atoms with van der Waals surface area (Å²) < 4.78 is 6.71. The van der Waals surface area contributed by atoms with Crippen molar-refractivity contribution < 1.29 is 9.53 Å². The molecule has 1 aromatic heterocycles. The first-order valence-corrected chi connectivity index (χ1v) is 5.38. The lowest BCUT2D eigenvalue weighted by atomic mass is 10.2. The minimum Gasteiger partial charge on any atom is -0.461 e. The van der Waals surface area contributed by atoms with E-state index in [1.807, 2.05) is 4.57 Å². The molecular formula is C11H15N3O2. The number of carbonyl (C=O) groups is 1. The largest absolute Gasteiger partial charge is 0.461 e. The Kier molecular flexibility index (Phi) is 2.94. The van der Waals surface area contributed by atoms with E-state index in [4.69, 9.17) is 10.5 Å². The van der Waals surface area contributed by atoms with Crippen molar-refractivity contribution in [2.24, 2.45) is 0 Å². The average molecular weight is 221 g/mol. The van der Waals surface area contributed by atoms with Gasteiger partial charge in [-0.2, -0.15) is 0 Å². The van der Waals surface area contributed by atoms with Gasteiger partial charge in [0.2, 0.25) is 0 Å². The summed E-state index contributed by atoms with van der Waals surface area (Å²) in [6.07, 6.45) is 7.69. The van der Waals surface area contributed by atoms with Crippen molar-refractivity contribution in [3.63, 3.8) is 0 Å². The van der Waals surface area contributed by atoms with Crippen molar-refractivity contribution in [1.29, 1.82) is 0 Å². The molecule has 0 bridgehead atoms. The molecule has 2 rings (SSSR count). The first-order valence-electron chi connectivity index (χ1n) is 5.38. The van der Waals surface area contributed by atoms with E-state index in [-0.39, 0.29) is 11.7 Å². The van der Waals surface area contributed by atoms with Crippen LogP contribution in [0.1, 0.15) is 36.3 Å². The topological polar surface area (TPSA) is 70.1 Å². The molecule has 0 saturated heterocycles. The van der Waals surface area contributed by atoms with Crippen LogP contribution in [0.15, 0.2) is 18.5 Å². The first-order chi connectivity index (χ1) is 7.74. The van der Waals surface area contributed by atoms with Crippen LogP contribution in [0.5, 0.6) is 0 Å². The molecule has 1 aliphatic carbocycles. The molecule has 0 spiro atoms. The summed E-state index contributed by atoms with van der Waals surface area (Å²) in [6, 6.07) is 0.288. The van der Waals surface area contributed by atoms with Gasteiger partial charge in [-0.25, -0.2) is 9.78 Å². The lowest BCUT2D eigenvalue weighted by Crippen LogP contribution is -2.12. The molecule has 2 N–H and O–H groups in total. The van der Waals surface area contributed by atoms with Crippen LogP contribution in [0.25, 0.3) is 0 Å². The summed E-state index contributed by atoms with van der Waals surface area (Å²) in [4.78, 5) is 15.5. The van der Waals surface area contributed by atoms with Crippen LogP contribution in [-0.4, -0.2) is 22.1 Å². The summed E-state index contributed by atoms with van der Waals surface area (Å²) in [5, 5.41) is 0. The Bertz CT molecular complexity index is 415. The van der Waals surface area contributed by atoms with Crippen molar-refractivity contribution in [3.05, 3.63) is 24.2 Å². The van der Waals surface area contributed by atoms with E-state index in [0.717, 1.165) is 12.8 Å². The molecule has 0 fully saturated rings.